The maximum atomic E-state index is 12.6. The highest BCUT2D eigenvalue weighted by Crippen LogP contribution is 2.35. The van der Waals surface area contributed by atoms with Gasteiger partial charge in [-0.05, 0) is 6.42 Å². The molecule has 0 saturated carbocycles. The lowest BCUT2D eigenvalue weighted by atomic mass is 10.1. The van der Waals surface area contributed by atoms with E-state index < -0.39 is 16.5 Å². The van der Waals surface area contributed by atoms with Crippen molar-refractivity contribution in [2.45, 2.75) is 25.9 Å². The van der Waals surface area contributed by atoms with Gasteiger partial charge in [-0.3, -0.25) is 29.4 Å². The van der Waals surface area contributed by atoms with Crippen LogP contribution in [0.5, 0.6) is 11.5 Å². The van der Waals surface area contributed by atoms with Crippen LogP contribution in [0.15, 0.2) is 23.0 Å². The molecular weight excluding hydrogens is 428 g/mol. The SMILES string of the molecule is COc1cc(C(=O)NCCCN2C(=O)CCC2=O)c([N+](=O)[O-])cc1OCc1cscn1. The number of aromatic nitrogens is 1. The average Bonchev–Trinajstić information content (AvgIpc) is 3.39. The number of hydrogen-bond acceptors (Lipinski definition) is 9. The molecule has 0 radical (unpaired) electrons. The highest BCUT2D eigenvalue weighted by Gasteiger charge is 2.28. The van der Waals surface area contributed by atoms with Gasteiger partial charge in [0.1, 0.15) is 12.2 Å². The summed E-state index contributed by atoms with van der Waals surface area (Å²) in [5.41, 5.74) is 1.68. The summed E-state index contributed by atoms with van der Waals surface area (Å²) >= 11 is 1.39. The molecule has 1 aliphatic heterocycles. The van der Waals surface area contributed by atoms with Gasteiger partial charge in [0.2, 0.25) is 11.8 Å². The van der Waals surface area contributed by atoms with E-state index >= 15 is 0 Å². The first-order chi connectivity index (χ1) is 14.9. The van der Waals surface area contributed by atoms with Gasteiger partial charge in [-0.1, -0.05) is 0 Å². The molecule has 0 atom stereocenters. The normalized spacial score (nSPS) is 13.4. The Bertz CT molecular complexity index is 977. The Balaban J connectivity index is 1.67. The zero-order chi connectivity index (χ0) is 22.4. The van der Waals surface area contributed by atoms with E-state index in [1.54, 1.807) is 10.9 Å². The molecule has 1 N–H and O–H groups in total. The van der Waals surface area contributed by atoms with Crippen LogP contribution < -0.4 is 14.8 Å². The maximum Gasteiger partial charge on any atom is 0.286 e. The number of rotatable bonds is 10. The van der Waals surface area contributed by atoms with Gasteiger partial charge in [0.05, 0.1) is 29.3 Å². The number of hydrogen-bond donors (Lipinski definition) is 1. The molecule has 0 unspecified atom stereocenters. The maximum absolute atomic E-state index is 12.6. The first-order valence-corrected chi connectivity index (χ1v) is 10.3. The number of carbonyl (C=O) groups is 3. The summed E-state index contributed by atoms with van der Waals surface area (Å²) < 4.78 is 10.8. The predicted molar refractivity (Wildman–Crippen MR) is 109 cm³/mol. The van der Waals surface area contributed by atoms with Gasteiger partial charge in [-0.25, -0.2) is 4.98 Å². The van der Waals surface area contributed by atoms with Crippen LogP contribution in [0.3, 0.4) is 0 Å². The molecule has 0 spiro atoms. The minimum absolute atomic E-state index is 0.0937. The molecule has 1 saturated heterocycles. The van der Waals surface area contributed by atoms with Gasteiger partial charge < -0.3 is 14.8 Å². The second-order valence-corrected chi connectivity index (χ2v) is 7.31. The molecule has 31 heavy (non-hydrogen) atoms. The third kappa shape index (κ3) is 5.34. The summed E-state index contributed by atoms with van der Waals surface area (Å²) in [7, 11) is 1.36. The number of amides is 3. The van der Waals surface area contributed by atoms with E-state index in [4.69, 9.17) is 9.47 Å². The van der Waals surface area contributed by atoms with Crippen LogP contribution in [0, 0.1) is 10.1 Å². The number of likely N-dealkylation sites (tertiary alicyclic amines) is 1. The zero-order valence-corrected chi connectivity index (χ0v) is 17.5. The molecule has 164 valence electrons. The molecule has 12 heteroatoms. The van der Waals surface area contributed by atoms with Crippen LogP contribution in [0.2, 0.25) is 0 Å². The van der Waals surface area contributed by atoms with E-state index in [0.717, 1.165) is 11.0 Å². The fourth-order valence-corrected chi connectivity index (χ4v) is 3.56. The van der Waals surface area contributed by atoms with Crippen LogP contribution in [0.4, 0.5) is 5.69 Å². The summed E-state index contributed by atoms with van der Waals surface area (Å²) in [4.78, 5) is 51.8. The van der Waals surface area contributed by atoms with Crippen LogP contribution in [-0.2, 0) is 16.2 Å². The predicted octanol–water partition coefficient (Wildman–Crippen LogP) is 1.91. The van der Waals surface area contributed by atoms with Crippen molar-refractivity contribution in [1.29, 1.82) is 0 Å². The van der Waals surface area contributed by atoms with Gasteiger partial charge in [-0.2, -0.15) is 0 Å². The van der Waals surface area contributed by atoms with Crippen LogP contribution in [0.1, 0.15) is 35.3 Å². The van der Waals surface area contributed by atoms with Gasteiger partial charge in [0.25, 0.3) is 11.6 Å². The number of nitro benzene ring substituents is 1. The van der Waals surface area contributed by atoms with E-state index in [-0.39, 0.29) is 61.4 Å². The third-order valence-corrected chi connectivity index (χ3v) is 5.22. The van der Waals surface area contributed by atoms with E-state index in [1.165, 1.54) is 24.5 Å². The number of benzene rings is 1. The van der Waals surface area contributed by atoms with Crippen molar-refractivity contribution >= 4 is 34.7 Å². The summed E-state index contributed by atoms with van der Waals surface area (Å²) in [6, 6.07) is 2.39. The molecule has 3 amide bonds. The van der Waals surface area contributed by atoms with Crippen molar-refractivity contribution in [3.63, 3.8) is 0 Å². The molecule has 1 aromatic carbocycles. The summed E-state index contributed by atoms with van der Waals surface area (Å²) in [6.45, 7) is 0.417. The van der Waals surface area contributed by atoms with Gasteiger partial charge in [-0.15, -0.1) is 11.3 Å². The number of carbonyl (C=O) groups excluding carboxylic acids is 3. The van der Waals surface area contributed by atoms with Gasteiger partial charge in [0, 0.05) is 37.4 Å². The molecular formula is C19H20N4O7S. The summed E-state index contributed by atoms with van der Waals surface area (Å²) in [5.74, 6) is -0.853. The molecule has 0 aliphatic carbocycles. The van der Waals surface area contributed by atoms with Crippen molar-refractivity contribution in [3.05, 3.63) is 44.4 Å². The Kier molecular flexibility index (Phi) is 7.13. The lowest BCUT2D eigenvalue weighted by Crippen LogP contribution is -2.33. The number of nitrogens with zero attached hydrogens (tertiary/aromatic N) is 3. The van der Waals surface area contributed by atoms with E-state index in [0.29, 0.717) is 12.1 Å². The van der Waals surface area contributed by atoms with Gasteiger partial charge >= 0.3 is 0 Å². The van der Waals surface area contributed by atoms with E-state index in [9.17, 15) is 24.5 Å². The highest BCUT2D eigenvalue weighted by molar-refractivity contribution is 7.07. The van der Waals surface area contributed by atoms with Crippen LogP contribution >= 0.6 is 11.3 Å². The minimum Gasteiger partial charge on any atom is -0.493 e. The van der Waals surface area contributed by atoms with E-state index in [2.05, 4.69) is 10.3 Å². The summed E-state index contributed by atoms with van der Waals surface area (Å²) in [6.07, 6.45) is 0.741. The van der Waals surface area contributed by atoms with Crippen molar-refractivity contribution in [2.24, 2.45) is 0 Å². The largest absolute Gasteiger partial charge is 0.493 e. The first-order valence-electron chi connectivity index (χ1n) is 9.38. The Labute approximate surface area is 181 Å². The van der Waals surface area contributed by atoms with E-state index in [1.807, 2.05) is 0 Å². The Morgan fingerprint density at radius 1 is 1.29 bits per heavy atom. The van der Waals surface area contributed by atoms with Crippen molar-refractivity contribution in [3.8, 4) is 11.5 Å². The molecule has 2 heterocycles. The van der Waals surface area contributed by atoms with Crippen molar-refractivity contribution in [1.82, 2.24) is 15.2 Å². The molecule has 1 aliphatic rings. The topological polar surface area (TPSA) is 141 Å². The molecule has 3 rings (SSSR count). The lowest BCUT2D eigenvalue weighted by Gasteiger charge is -2.14. The van der Waals surface area contributed by atoms with Gasteiger partial charge in [0.15, 0.2) is 11.5 Å². The first kappa shape index (κ1) is 22.2. The lowest BCUT2D eigenvalue weighted by molar-refractivity contribution is -0.385. The quantitative estimate of drug-likeness (QED) is 0.251. The van der Waals surface area contributed by atoms with Crippen molar-refractivity contribution in [2.75, 3.05) is 20.2 Å². The number of imide groups is 1. The number of ether oxygens (including phenoxy) is 2. The molecule has 1 fully saturated rings. The van der Waals surface area contributed by atoms with Crippen molar-refractivity contribution < 1.29 is 28.8 Å². The third-order valence-electron chi connectivity index (χ3n) is 4.58. The zero-order valence-electron chi connectivity index (χ0n) is 16.7. The highest BCUT2D eigenvalue weighted by atomic mass is 32.1. The number of nitrogens with one attached hydrogen (secondary N) is 1. The molecule has 0 bridgehead atoms. The average molecular weight is 448 g/mol. The summed E-state index contributed by atoms with van der Waals surface area (Å²) in [5, 5.41) is 15.9. The fraction of sp³-hybridized carbons (Fsp3) is 0.368. The second kappa shape index (κ2) is 9.98. The monoisotopic (exact) mass is 448 g/mol. The molecule has 1 aromatic heterocycles. The minimum atomic E-state index is -0.675. The van der Waals surface area contributed by atoms with Crippen LogP contribution in [-0.4, -0.2) is 52.7 Å². The number of thiazole rings is 1. The second-order valence-electron chi connectivity index (χ2n) is 6.59. The smallest absolute Gasteiger partial charge is 0.286 e. The Hall–Kier alpha value is -3.54. The Morgan fingerprint density at radius 2 is 2.03 bits per heavy atom. The Morgan fingerprint density at radius 3 is 2.65 bits per heavy atom. The number of nitro groups is 1. The molecule has 11 nitrogen and oxygen atoms in total. The fourth-order valence-electron chi connectivity index (χ4n) is 3.02. The molecule has 2 aromatic rings. The van der Waals surface area contributed by atoms with Crippen LogP contribution in [0.25, 0.3) is 0 Å². The standard InChI is InChI=1S/C19H20N4O7S/c1-29-15-7-13(19(26)20-5-2-6-22-17(24)3-4-18(22)25)14(23(27)28)8-16(15)30-9-12-10-31-11-21-12/h7-8,10-11H,2-6,9H2,1H3,(H,20,26). The number of methoxy groups -OCH3 is 1.